The standard InChI is InChI=1S/C19H17F4N3O2/c1-27-15-9-13-14(10-16(15)28-2)25-18(19(21,22)23)26-17(13)24-8-7-11-3-5-12(20)6-4-11/h3-6,9-10H,7-8H2,1-2H3,(H,24,25,26). The highest BCUT2D eigenvalue weighted by Crippen LogP contribution is 2.36. The lowest BCUT2D eigenvalue weighted by atomic mass is 10.1. The van der Waals surface area contributed by atoms with E-state index in [1.54, 1.807) is 12.1 Å². The molecule has 0 amide bonds. The van der Waals surface area contributed by atoms with Gasteiger partial charge in [-0.25, -0.2) is 14.4 Å². The van der Waals surface area contributed by atoms with Crippen LogP contribution in [0.2, 0.25) is 0 Å². The number of methoxy groups -OCH3 is 2. The summed E-state index contributed by atoms with van der Waals surface area (Å²) in [4.78, 5) is 7.26. The summed E-state index contributed by atoms with van der Waals surface area (Å²) >= 11 is 0. The first kappa shape index (κ1) is 19.7. The normalized spacial score (nSPS) is 11.5. The maximum absolute atomic E-state index is 13.2. The average Bonchev–Trinajstić information content (AvgIpc) is 2.67. The molecule has 0 unspecified atom stereocenters. The second kappa shape index (κ2) is 7.87. The van der Waals surface area contributed by atoms with E-state index in [0.29, 0.717) is 24.1 Å². The van der Waals surface area contributed by atoms with E-state index in [1.807, 2.05) is 0 Å². The molecule has 148 valence electrons. The lowest BCUT2D eigenvalue weighted by Crippen LogP contribution is -2.15. The predicted octanol–water partition coefficient (Wildman–Crippen LogP) is 4.46. The van der Waals surface area contributed by atoms with Crippen molar-refractivity contribution >= 4 is 16.7 Å². The second-order valence-corrected chi connectivity index (χ2v) is 5.92. The zero-order chi connectivity index (χ0) is 20.3. The monoisotopic (exact) mass is 395 g/mol. The Kier molecular flexibility index (Phi) is 5.53. The molecule has 1 N–H and O–H groups in total. The van der Waals surface area contributed by atoms with Gasteiger partial charge in [-0.1, -0.05) is 12.1 Å². The highest BCUT2D eigenvalue weighted by Gasteiger charge is 2.35. The number of nitrogens with one attached hydrogen (secondary N) is 1. The van der Waals surface area contributed by atoms with Gasteiger partial charge in [-0.2, -0.15) is 13.2 Å². The van der Waals surface area contributed by atoms with Crippen molar-refractivity contribution < 1.29 is 27.0 Å². The first-order valence-electron chi connectivity index (χ1n) is 8.31. The van der Waals surface area contributed by atoms with Crippen LogP contribution in [0, 0.1) is 5.82 Å². The molecule has 3 aromatic rings. The summed E-state index contributed by atoms with van der Waals surface area (Å²) in [6.45, 7) is 0.295. The third-order valence-corrected chi connectivity index (χ3v) is 4.07. The van der Waals surface area contributed by atoms with E-state index in [9.17, 15) is 17.6 Å². The molecule has 28 heavy (non-hydrogen) atoms. The molecule has 0 radical (unpaired) electrons. The van der Waals surface area contributed by atoms with Crippen LogP contribution in [0.4, 0.5) is 23.4 Å². The van der Waals surface area contributed by atoms with E-state index in [1.165, 1.54) is 38.5 Å². The molecule has 1 aromatic heterocycles. The molecule has 0 atom stereocenters. The molecule has 0 spiro atoms. The molecule has 2 aromatic carbocycles. The van der Waals surface area contributed by atoms with E-state index >= 15 is 0 Å². The van der Waals surface area contributed by atoms with Crippen molar-refractivity contribution in [1.29, 1.82) is 0 Å². The summed E-state index contributed by atoms with van der Waals surface area (Å²) in [5, 5.41) is 3.28. The van der Waals surface area contributed by atoms with Gasteiger partial charge in [-0.15, -0.1) is 0 Å². The zero-order valence-electron chi connectivity index (χ0n) is 15.1. The Balaban J connectivity index is 1.96. The van der Waals surface area contributed by atoms with Crippen molar-refractivity contribution in [1.82, 2.24) is 9.97 Å². The van der Waals surface area contributed by atoms with Gasteiger partial charge < -0.3 is 14.8 Å². The van der Waals surface area contributed by atoms with Crippen molar-refractivity contribution in [3.05, 3.63) is 53.6 Å². The smallest absolute Gasteiger partial charge is 0.451 e. The van der Waals surface area contributed by atoms with Crippen LogP contribution < -0.4 is 14.8 Å². The number of aromatic nitrogens is 2. The molecule has 0 bridgehead atoms. The molecule has 0 aliphatic rings. The summed E-state index contributed by atoms with van der Waals surface area (Å²) < 4.78 is 62.9. The summed E-state index contributed by atoms with van der Waals surface area (Å²) in [6.07, 6.45) is -4.23. The van der Waals surface area contributed by atoms with Gasteiger partial charge in [0.25, 0.3) is 0 Å². The van der Waals surface area contributed by atoms with E-state index in [0.717, 1.165) is 5.56 Å². The first-order valence-corrected chi connectivity index (χ1v) is 8.31. The second-order valence-electron chi connectivity index (χ2n) is 5.92. The average molecular weight is 395 g/mol. The predicted molar refractivity (Wildman–Crippen MR) is 96.2 cm³/mol. The summed E-state index contributed by atoms with van der Waals surface area (Å²) in [5.74, 6) is -0.967. The summed E-state index contributed by atoms with van der Waals surface area (Å²) in [6, 6.07) is 8.78. The Hall–Kier alpha value is -3.10. The van der Waals surface area contributed by atoms with Crippen LogP contribution in [0.1, 0.15) is 11.4 Å². The Bertz CT molecular complexity index is 976. The number of hydrogen-bond acceptors (Lipinski definition) is 5. The third kappa shape index (κ3) is 4.24. The molecule has 0 saturated heterocycles. The number of ether oxygens (including phenoxy) is 2. The van der Waals surface area contributed by atoms with Gasteiger partial charge in [0.2, 0.25) is 5.82 Å². The highest BCUT2D eigenvalue weighted by atomic mass is 19.4. The molecular weight excluding hydrogens is 378 g/mol. The van der Waals surface area contributed by atoms with Gasteiger partial charge in [0.05, 0.1) is 19.7 Å². The molecule has 0 aliphatic heterocycles. The number of rotatable bonds is 6. The van der Waals surface area contributed by atoms with Crippen molar-refractivity contribution in [2.24, 2.45) is 0 Å². The SMILES string of the molecule is COc1cc2nc(C(F)(F)F)nc(NCCc3ccc(F)cc3)c2cc1OC. The van der Waals surface area contributed by atoms with Crippen molar-refractivity contribution in [3.63, 3.8) is 0 Å². The van der Waals surface area contributed by atoms with Crippen molar-refractivity contribution in [2.45, 2.75) is 12.6 Å². The molecule has 3 rings (SSSR count). The Labute approximate surface area is 158 Å². The molecule has 0 fully saturated rings. The molecule has 9 heteroatoms. The largest absolute Gasteiger partial charge is 0.493 e. The number of hydrogen-bond donors (Lipinski definition) is 1. The van der Waals surface area contributed by atoms with E-state index in [-0.39, 0.29) is 22.9 Å². The minimum Gasteiger partial charge on any atom is -0.493 e. The van der Waals surface area contributed by atoms with Crippen LogP contribution in [0.15, 0.2) is 36.4 Å². The number of fused-ring (bicyclic) bond motifs is 1. The summed E-state index contributed by atoms with van der Waals surface area (Å²) in [5.41, 5.74) is 0.909. The fourth-order valence-electron chi connectivity index (χ4n) is 2.69. The number of nitrogens with zero attached hydrogens (tertiary/aromatic N) is 2. The third-order valence-electron chi connectivity index (χ3n) is 4.07. The minimum atomic E-state index is -4.70. The van der Waals surface area contributed by atoms with Gasteiger partial charge >= 0.3 is 6.18 Å². The molecule has 5 nitrogen and oxygen atoms in total. The van der Waals surface area contributed by atoms with Crippen molar-refractivity contribution in [3.8, 4) is 11.5 Å². The number of anilines is 1. The first-order chi connectivity index (χ1) is 13.3. The van der Waals surface area contributed by atoms with Gasteiger partial charge in [0.1, 0.15) is 11.6 Å². The minimum absolute atomic E-state index is 0.0281. The number of alkyl halides is 3. The van der Waals surface area contributed by atoms with Crippen LogP contribution in [-0.2, 0) is 12.6 Å². The molecule has 0 aliphatic carbocycles. The maximum Gasteiger partial charge on any atom is 0.451 e. The number of halogens is 4. The van der Waals surface area contributed by atoms with Gasteiger partial charge in [-0.05, 0) is 30.2 Å². The zero-order valence-corrected chi connectivity index (χ0v) is 15.1. The van der Waals surface area contributed by atoms with Crippen LogP contribution in [0.25, 0.3) is 10.9 Å². The maximum atomic E-state index is 13.2. The molecular formula is C19H17F4N3O2. The van der Waals surface area contributed by atoms with Gasteiger partial charge in [0.15, 0.2) is 11.5 Å². The lowest BCUT2D eigenvalue weighted by Gasteiger charge is -2.15. The molecule has 1 heterocycles. The Morgan fingerprint density at radius 1 is 0.964 bits per heavy atom. The van der Waals surface area contributed by atoms with E-state index in [2.05, 4.69) is 15.3 Å². The highest BCUT2D eigenvalue weighted by molar-refractivity contribution is 5.91. The quantitative estimate of drug-likeness (QED) is 0.625. The topological polar surface area (TPSA) is 56.3 Å². The van der Waals surface area contributed by atoms with Crippen LogP contribution >= 0.6 is 0 Å². The number of benzene rings is 2. The Morgan fingerprint density at radius 3 is 2.21 bits per heavy atom. The Morgan fingerprint density at radius 2 is 1.61 bits per heavy atom. The van der Waals surface area contributed by atoms with Gasteiger partial charge in [0, 0.05) is 18.0 Å². The van der Waals surface area contributed by atoms with Crippen LogP contribution in [0.3, 0.4) is 0 Å². The molecule has 0 saturated carbocycles. The van der Waals surface area contributed by atoms with Crippen LogP contribution in [0.5, 0.6) is 11.5 Å². The van der Waals surface area contributed by atoms with Gasteiger partial charge in [-0.3, -0.25) is 0 Å². The van der Waals surface area contributed by atoms with E-state index < -0.39 is 12.0 Å². The fraction of sp³-hybridized carbons (Fsp3) is 0.263. The lowest BCUT2D eigenvalue weighted by molar-refractivity contribution is -0.144. The van der Waals surface area contributed by atoms with Crippen LogP contribution in [-0.4, -0.2) is 30.7 Å². The summed E-state index contributed by atoms with van der Waals surface area (Å²) in [7, 11) is 2.81. The van der Waals surface area contributed by atoms with Crippen molar-refractivity contribution in [2.75, 3.05) is 26.1 Å². The van der Waals surface area contributed by atoms with E-state index in [4.69, 9.17) is 9.47 Å². The fourth-order valence-corrected chi connectivity index (χ4v) is 2.69.